The zero-order valence-corrected chi connectivity index (χ0v) is 15.2. The van der Waals surface area contributed by atoms with E-state index in [0.717, 1.165) is 12.8 Å². The number of guanidine groups is 1. The molecule has 0 atom stereocenters. The lowest BCUT2D eigenvalue weighted by atomic mass is 9.85. The van der Waals surface area contributed by atoms with Crippen LogP contribution in [0.3, 0.4) is 0 Å². The average molecular weight is 340 g/mol. The number of nitrogens with zero attached hydrogens (tertiary/aromatic N) is 1. The van der Waals surface area contributed by atoms with Crippen molar-refractivity contribution in [2.24, 2.45) is 4.99 Å². The van der Waals surface area contributed by atoms with Crippen molar-refractivity contribution < 1.29 is 8.42 Å². The fourth-order valence-electron chi connectivity index (χ4n) is 2.02. The van der Waals surface area contributed by atoms with Gasteiger partial charge in [0.25, 0.3) is 0 Å². The van der Waals surface area contributed by atoms with E-state index in [4.69, 9.17) is 0 Å². The summed E-state index contributed by atoms with van der Waals surface area (Å²) in [4.78, 5) is 4.61. The van der Waals surface area contributed by atoms with Gasteiger partial charge in [0, 0.05) is 25.0 Å². The van der Waals surface area contributed by atoms with Crippen molar-refractivity contribution in [3.05, 3.63) is 35.9 Å². The maximum atomic E-state index is 11.0. The molecule has 23 heavy (non-hydrogen) atoms. The standard InChI is InChI=1S/C16H28N4O2S/c1-5-17-15(18-11-12-20-23(4,21)22)19-13-16(2,3)14-9-7-6-8-10-14/h6-10,20H,5,11-13H2,1-4H3,(H2,17,18,19). The first-order valence-corrected chi connectivity index (χ1v) is 9.66. The van der Waals surface area contributed by atoms with Gasteiger partial charge in [-0.1, -0.05) is 44.2 Å². The van der Waals surface area contributed by atoms with Crippen molar-refractivity contribution in [1.82, 2.24) is 15.4 Å². The Hall–Kier alpha value is -1.60. The molecular weight excluding hydrogens is 312 g/mol. The second-order valence-electron chi connectivity index (χ2n) is 6.04. The molecule has 0 aliphatic carbocycles. The van der Waals surface area contributed by atoms with Crippen molar-refractivity contribution in [3.63, 3.8) is 0 Å². The van der Waals surface area contributed by atoms with Gasteiger partial charge in [-0.3, -0.25) is 4.99 Å². The van der Waals surface area contributed by atoms with Crippen LogP contribution in [0, 0.1) is 0 Å². The smallest absolute Gasteiger partial charge is 0.208 e. The Labute approximate surface area is 139 Å². The molecule has 0 bridgehead atoms. The third kappa shape index (κ3) is 7.99. The molecule has 0 aliphatic rings. The third-order valence-electron chi connectivity index (χ3n) is 3.31. The fraction of sp³-hybridized carbons (Fsp3) is 0.562. The van der Waals surface area contributed by atoms with Crippen LogP contribution in [0.15, 0.2) is 35.3 Å². The highest BCUT2D eigenvalue weighted by Gasteiger charge is 2.19. The quantitative estimate of drug-likeness (QED) is 0.375. The van der Waals surface area contributed by atoms with Crippen LogP contribution in [0.25, 0.3) is 0 Å². The van der Waals surface area contributed by atoms with Crippen LogP contribution in [0.1, 0.15) is 26.3 Å². The van der Waals surface area contributed by atoms with Gasteiger partial charge in [0.2, 0.25) is 10.0 Å². The number of aliphatic imine (C=N–C) groups is 1. The van der Waals surface area contributed by atoms with Gasteiger partial charge in [-0.05, 0) is 12.5 Å². The molecule has 1 rings (SSSR count). The predicted molar refractivity (Wildman–Crippen MR) is 96.3 cm³/mol. The van der Waals surface area contributed by atoms with Crippen LogP contribution in [-0.4, -0.2) is 46.8 Å². The van der Waals surface area contributed by atoms with Gasteiger partial charge in [-0.15, -0.1) is 0 Å². The molecule has 7 heteroatoms. The lowest BCUT2D eigenvalue weighted by Crippen LogP contribution is -2.42. The first-order valence-electron chi connectivity index (χ1n) is 7.77. The number of hydrogen-bond donors (Lipinski definition) is 3. The molecule has 0 fully saturated rings. The fourth-order valence-corrected chi connectivity index (χ4v) is 2.49. The van der Waals surface area contributed by atoms with E-state index in [-0.39, 0.29) is 5.41 Å². The van der Waals surface area contributed by atoms with E-state index in [1.165, 1.54) is 5.56 Å². The van der Waals surface area contributed by atoms with Gasteiger partial charge in [0.05, 0.1) is 12.8 Å². The van der Waals surface area contributed by atoms with Gasteiger partial charge in [-0.25, -0.2) is 13.1 Å². The molecule has 130 valence electrons. The van der Waals surface area contributed by atoms with Crippen LogP contribution in [0.2, 0.25) is 0 Å². The molecule has 0 saturated carbocycles. The van der Waals surface area contributed by atoms with E-state index in [2.05, 4.69) is 46.3 Å². The molecule has 0 radical (unpaired) electrons. The number of sulfonamides is 1. The summed E-state index contributed by atoms with van der Waals surface area (Å²) < 4.78 is 24.5. The molecule has 0 heterocycles. The number of nitrogens with one attached hydrogen (secondary N) is 3. The van der Waals surface area contributed by atoms with Crippen LogP contribution in [0.5, 0.6) is 0 Å². The summed E-state index contributed by atoms with van der Waals surface area (Å²) in [5.74, 6) is 0.687. The second-order valence-corrected chi connectivity index (χ2v) is 7.87. The summed E-state index contributed by atoms with van der Waals surface area (Å²) in [5, 5.41) is 6.30. The van der Waals surface area contributed by atoms with E-state index in [0.29, 0.717) is 25.6 Å². The zero-order chi connectivity index (χ0) is 17.3. The maximum absolute atomic E-state index is 11.0. The summed E-state index contributed by atoms with van der Waals surface area (Å²) in [6.45, 7) is 8.48. The summed E-state index contributed by atoms with van der Waals surface area (Å²) in [6, 6.07) is 10.3. The minimum absolute atomic E-state index is 0.0748. The Morgan fingerprint density at radius 1 is 1.13 bits per heavy atom. The number of rotatable bonds is 8. The highest BCUT2D eigenvalue weighted by molar-refractivity contribution is 7.88. The topological polar surface area (TPSA) is 82.6 Å². The molecular formula is C16H28N4O2S. The Morgan fingerprint density at radius 3 is 2.35 bits per heavy atom. The van der Waals surface area contributed by atoms with Gasteiger partial charge in [0.1, 0.15) is 0 Å². The zero-order valence-electron chi connectivity index (χ0n) is 14.4. The Bertz CT molecular complexity index is 598. The molecule has 1 aromatic rings. The van der Waals surface area contributed by atoms with Gasteiger partial charge in [-0.2, -0.15) is 0 Å². The van der Waals surface area contributed by atoms with Crippen molar-refractivity contribution in [1.29, 1.82) is 0 Å². The molecule has 0 saturated heterocycles. The van der Waals surface area contributed by atoms with E-state index in [1.807, 2.05) is 25.1 Å². The van der Waals surface area contributed by atoms with Crippen LogP contribution >= 0.6 is 0 Å². The molecule has 0 aromatic heterocycles. The highest BCUT2D eigenvalue weighted by atomic mass is 32.2. The van der Waals surface area contributed by atoms with Gasteiger partial charge >= 0.3 is 0 Å². The number of hydrogen-bond acceptors (Lipinski definition) is 3. The largest absolute Gasteiger partial charge is 0.357 e. The molecule has 1 aromatic carbocycles. The van der Waals surface area contributed by atoms with Crippen LogP contribution in [-0.2, 0) is 15.4 Å². The van der Waals surface area contributed by atoms with Crippen molar-refractivity contribution in [2.45, 2.75) is 26.2 Å². The molecule has 0 unspecified atom stereocenters. The van der Waals surface area contributed by atoms with Gasteiger partial charge < -0.3 is 10.6 Å². The van der Waals surface area contributed by atoms with Crippen molar-refractivity contribution in [2.75, 3.05) is 32.4 Å². The van der Waals surface area contributed by atoms with Crippen molar-refractivity contribution >= 4 is 16.0 Å². The molecule has 0 spiro atoms. The Kier molecular flexibility index (Phi) is 7.51. The van der Waals surface area contributed by atoms with Crippen LogP contribution < -0.4 is 15.4 Å². The first kappa shape index (κ1) is 19.4. The summed E-state index contributed by atoms with van der Waals surface area (Å²) in [6.07, 6.45) is 1.15. The lowest BCUT2D eigenvalue weighted by Gasteiger charge is -2.24. The molecule has 6 nitrogen and oxygen atoms in total. The Morgan fingerprint density at radius 2 is 1.78 bits per heavy atom. The summed E-state index contributed by atoms with van der Waals surface area (Å²) >= 11 is 0. The Balaban J connectivity index is 2.60. The van der Waals surface area contributed by atoms with Crippen LogP contribution in [0.4, 0.5) is 0 Å². The highest BCUT2D eigenvalue weighted by Crippen LogP contribution is 2.22. The monoisotopic (exact) mass is 340 g/mol. The first-order chi connectivity index (χ1) is 10.7. The van der Waals surface area contributed by atoms with E-state index >= 15 is 0 Å². The lowest BCUT2D eigenvalue weighted by molar-refractivity contribution is 0.537. The molecule has 0 aliphatic heterocycles. The van der Waals surface area contributed by atoms with Gasteiger partial charge in [0.15, 0.2) is 5.96 Å². The van der Waals surface area contributed by atoms with E-state index in [1.54, 1.807) is 0 Å². The minimum Gasteiger partial charge on any atom is -0.357 e. The van der Waals surface area contributed by atoms with E-state index < -0.39 is 10.0 Å². The maximum Gasteiger partial charge on any atom is 0.208 e. The molecule has 3 N–H and O–H groups in total. The normalized spacial score (nSPS) is 13.0. The SMILES string of the molecule is CCNC(=NCC(C)(C)c1ccccc1)NCCNS(C)(=O)=O. The average Bonchev–Trinajstić information content (AvgIpc) is 2.49. The molecule has 0 amide bonds. The predicted octanol–water partition coefficient (Wildman–Crippen LogP) is 1.07. The van der Waals surface area contributed by atoms with E-state index in [9.17, 15) is 8.42 Å². The summed E-state index contributed by atoms with van der Waals surface area (Å²) in [5.41, 5.74) is 1.16. The minimum atomic E-state index is -3.16. The van der Waals surface area contributed by atoms with Crippen molar-refractivity contribution in [3.8, 4) is 0 Å². The summed E-state index contributed by atoms with van der Waals surface area (Å²) in [7, 11) is -3.16. The second kappa shape index (κ2) is 8.88. The third-order valence-corrected chi connectivity index (χ3v) is 4.04. The number of benzene rings is 1.